The molecule has 1 rings (SSSR count). The third kappa shape index (κ3) is 5.99. The van der Waals surface area contributed by atoms with Gasteiger partial charge in [0, 0.05) is 18.8 Å². The molecule has 0 aliphatic heterocycles. The van der Waals surface area contributed by atoms with Crippen LogP contribution in [0.5, 0.6) is 0 Å². The zero-order chi connectivity index (χ0) is 19.9. The molecule has 1 aromatic rings. The maximum absolute atomic E-state index is 12.5. The SMILES string of the molecule is CCN(CC)S(=O)(=O)c1ccc(NC(=O)[C@@H](CC(C)C)NC(N)=O)cc1. The van der Waals surface area contributed by atoms with E-state index in [-0.39, 0.29) is 10.8 Å². The fraction of sp³-hybridized carbons (Fsp3) is 0.529. The van der Waals surface area contributed by atoms with Crippen LogP contribution in [0.25, 0.3) is 0 Å². The van der Waals surface area contributed by atoms with Gasteiger partial charge in [-0.25, -0.2) is 13.2 Å². The second-order valence-corrected chi connectivity index (χ2v) is 8.23. The van der Waals surface area contributed by atoms with Crippen molar-refractivity contribution in [1.29, 1.82) is 0 Å². The van der Waals surface area contributed by atoms with Crippen molar-refractivity contribution < 1.29 is 18.0 Å². The van der Waals surface area contributed by atoms with Crippen LogP contribution in [0, 0.1) is 5.92 Å². The highest BCUT2D eigenvalue weighted by Gasteiger charge is 2.23. The average molecular weight is 385 g/mol. The average Bonchev–Trinajstić information content (AvgIpc) is 2.54. The molecule has 0 saturated carbocycles. The summed E-state index contributed by atoms with van der Waals surface area (Å²) in [5.74, 6) is -0.226. The van der Waals surface area contributed by atoms with Gasteiger partial charge in [-0.1, -0.05) is 27.7 Å². The summed E-state index contributed by atoms with van der Waals surface area (Å²) < 4.78 is 26.3. The predicted octanol–water partition coefficient (Wildman–Crippen LogP) is 1.74. The molecule has 3 amide bonds. The first-order chi connectivity index (χ1) is 12.1. The van der Waals surface area contributed by atoms with Crippen LogP contribution in [-0.2, 0) is 14.8 Å². The lowest BCUT2D eigenvalue weighted by molar-refractivity contribution is -0.118. The molecule has 1 aromatic carbocycles. The number of urea groups is 1. The number of anilines is 1. The van der Waals surface area contributed by atoms with Crippen molar-refractivity contribution in [3.63, 3.8) is 0 Å². The van der Waals surface area contributed by atoms with Crippen molar-refractivity contribution in [2.75, 3.05) is 18.4 Å². The van der Waals surface area contributed by atoms with E-state index in [9.17, 15) is 18.0 Å². The molecule has 0 unspecified atom stereocenters. The van der Waals surface area contributed by atoms with E-state index in [0.717, 1.165) is 0 Å². The Balaban J connectivity index is 2.91. The van der Waals surface area contributed by atoms with Crippen molar-refractivity contribution >= 4 is 27.6 Å². The van der Waals surface area contributed by atoms with Crippen LogP contribution < -0.4 is 16.4 Å². The van der Waals surface area contributed by atoms with E-state index < -0.39 is 28.0 Å². The van der Waals surface area contributed by atoms with Gasteiger partial charge in [0.2, 0.25) is 15.9 Å². The number of primary amides is 1. The molecule has 8 nitrogen and oxygen atoms in total. The van der Waals surface area contributed by atoms with E-state index in [1.165, 1.54) is 28.6 Å². The van der Waals surface area contributed by atoms with Crippen LogP contribution in [0.2, 0.25) is 0 Å². The Hall–Kier alpha value is -2.13. The second-order valence-electron chi connectivity index (χ2n) is 6.29. The maximum Gasteiger partial charge on any atom is 0.312 e. The number of hydrogen-bond acceptors (Lipinski definition) is 4. The number of nitrogens with two attached hydrogens (primary N) is 1. The summed E-state index contributed by atoms with van der Waals surface area (Å²) >= 11 is 0. The maximum atomic E-state index is 12.5. The van der Waals surface area contributed by atoms with Gasteiger partial charge in [-0.2, -0.15) is 4.31 Å². The molecule has 1 atom stereocenters. The lowest BCUT2D eigenvalue weighted by Gasteiger charge is -2.20. The van der Waals surface area contributed by atoms with E-state index in [4.69, 9.17) is 5.73 Å². The first-order valence-corrected chi connectivity index (χ1v) is 10.0. The normalized spacial score (nSPS) is 12.8. The van der Waals surface area contributed by atoms with Gasteiger partial charge in [-0.3, -0.25) is 4.79 Å². The van der Waals surface area contributed by atoms with Crippen molar-refractivity contribution in [2.24, 2.45) is 11.7 Å². The molecule has 0 spiro atoms. The van der Waals surface area contributed by atoms with Gasteiger partial charge in [-0.05, 0) is 36.6 Å². The van der Waals surface area contributed by atoms with Crippen LogP contribution >= 0.6 is 0 Å². The Morgan fingerprint density at radius 1 is 1.12 bits per heavy atom. The summed E-state index contributed by atoms with van der Waals surface area (Å²) in [4.78, 5) is 23.6. The van der Waals surface area contributed by atoms with Gasteiger partial charge in [0.15, 0.2) is 0 Å². The van der Waals surface area contributed by atoms with Gasteiger partial charge in [0.25, 0.3) is 0 Å². The number of amides is 3. The topological polar surface area (TPSA) is 122 Å². The molecule has 0 aliphatic rings. The molecule has 146 valence electrons. The number of hydrogen-bond donors (Lipinski definition) is 3. The molecule has 0 bridgehead atoms. The third-order valence-corrected chi connectivity index (χ3v) is 5.87. The highest BCUT2D eigenvalue weighted by molar-refractivity contribution is 7.89. The fourth-order valence-corrected chi connectivity index (χ4v) is 3.98. The number of sulfonamides is 1. The van der Waals surface area contributed by atoms with Crippen LogP contribution in [0.1, 0.15) is 34.1 Å². The molecular weight excluding hydrogens is 356 g/mol. The minimum Gasteiger partial charge on any atom is -0.352 e. The van der Waals surface area contributed by atoms with Gasteiger partial charge in [0.1, 0.15) is 6.04 Å². The number of benzene rings is 1. The first kappa shape index (κ1) is 21.9. The van der Waals surface area contributed by atoms with Crippen LogP contribution in [0.4, 0.5) is 10.5 Å². The van der Waals surface area contributed by atoms with E-state index in [2.05, 4.69) is 10.6 Å². The Morgan fingerprint density at radius 3 is 2.08 bits per heavy atom. The lowest BCUT2D eigenvalue weighted by atomic mass is 10.0. The molecule has 9 heteroatoms. The lowest BCUT2D eigenvalue weighted by Crippen LogP contribution is -2.46. The predicted molar refractivity (Wildman–Crippen MR) is 101 cm³/mol. The minimum absolute atomic E-state index is 0.160. The van der Waals surface area contributed by atoms with Crippen LogP contribution in [-0.4, -0.2) is 43.8 Å². The smallest absolute Gasteiger partial charge is 0.312 e. The quantitative estimate of drug-likeness (QED) is 0.600. The molecule has 4 N–H and O–H groups in total. The number of carbonyl (C=O) groups excluding carboxylic acids is 2. The minimum atomic E-state index is -3.55. The zero-order valence-corrected chi connectivity index (χ0v) is 16.5. The highest BCUT2D eigenvalue weighted by Crippen LogP contribution is 2.18. The molecule has 0 radical (unpaired) electrons. The Morgan fingerprint density at radius 2 is 1.65 bits per heavy atom. The van der Waals surface area contributed by atoms with Gasteiger partial charge < -0.3 is 16.4 Å². The molecule has 0 saturated heterocycles. The summed E-state index contributed by atoms with van der Waals surface area (Å²) in [6, 6.07) is 4.40. The summed E-state index contributed by atoms with van der Waals surface area (Å²) in [6.07, 6.45) is 0.434. The number of nitrogens with one attached hydrogen (secondary N) is 2. The summed E-state index contributed by atoms with van der Waals surface area (Å²) in [7, 11) is -3.55. The van der Waals surface area contributed by atoms with Gasteiger partial charge in [-0.15, -0.1) is 0 Å². The fourth-order valence-electron chi connectivity index (χ4n) is 2.53. The van der Waals surface area contributed by atoms with Crippen molar-refractivity contribution in [2.45, 2.75) is 45.1 Å². The highest BCUT2D eigenvalue weighted by atomic mass is 32.2. The summed E-state index contributed by atoms with van der Waals surface area (Å²) in [6.45, 7) is 8.16. The third-order valence-electron chi connectivity index (χ3n) is 3.81. The van der Waals surface area contributed by atoms with E-state index in [1.54, 1.807) is 13.8 Å². The Kier molecular flexibility index (Phi) is 8.04. The number of rotatable bonds is 9. The van der Waals surface area contributed by atoms with Crippen LogP contribution in [0.3, 0.4) is 0 Å². The second kappa shape index (κ2) is 9.54. The molecule has 0 fully saturated rings. The molecule has 0 heterocycles. The molecular formula is C17H28N4O4S. The standard InChI is InChI=1S/C17H28N4O4S/c1-5-21(6-2)26(24,25)14-9-7-13(8-10-14)19-16(22)15(11-12(3)4)20-17(18)23/h7-10,12,15H,5-6,11H2,1-4H3,(H,19,22)(H3,18,20,23)/t15-/m1/s1. The summed E-state index contributed by atoms with van der Waals surface area (Å²) in [5, 5.41) is 5.09. The Bertz CT molecular complexity index is 713. The first-order valence-electron chi connectivity index (χ1n) is 8.58. The van der Waals surface area contributed by atoms with E-state index in [0.29, 0.717) is 25.2 Å². The number of carbonyl (C=O) groups is 2. The van der Waals surface area contributed by atoms with Gasteiger partial charge in [0.05, 0.1) is 4.90 Å². The molecule has 26 heavy (non-hydrogen) atoms. The Labute approximate surface area is 155 Å². The van der Waals surface area contributed by atoms with Crippen molar-refractivity contribution in [3.8, 4) is 0 Å². The molecule has 0 aliphatic carbocycles. The summed E-state index contributed by atoms with van der Waals surface area (Å²) in [5.41, 5.74) is 5.56. The van der Waals surface area contributed by atoms with Crippen LogP contribution in [0.15, 0.2) is 29.2 Å². The van der Waals surface area contributed by atoms with E-state index in [1.807, 2.05) is 13.8 Å². The van der Waals surface area contributed by atoms with Crippen molar-refractivity contribution in [1.82, 2.24) is 9.62 Å². The van der Waals surface area contributed by atoms with Crippen molar-refractivity contribution in [3.05, 3.63) is 24.3 Å². The monoisotopic (exact) mass is 384 g/mol. The van der Waals surface area contributed by atoms with E-state index >= 15 is 0 Å². The van der Waals surface area contributed by atoms with Gasteiger partial charge >= 0.3 is 6.03 Å². The molecule has 0 aromatic heterocycles. The number of nitrogens with zero attached hydrogens (tertiary/aromatic N) is 1. The zero-order valence-electron chi connectivity index (χ0n) is 15.7. The largest absolute Gasteiger partial charge is 0.352 e.